The van der Waals surface area contributed by atoms with Crippen LogP contribution in [0.4, 0.5) is 0 Å². The summed E-state index contributed by atoms with van der Waals surface area (Å²) in [7, 11) is -4.75. The molecule has 0 aromatic rings. The number of phosphoric ester groups is 1. The zero-order chi connectivity index (χ0) is 47.0. The molecule has 0 rings (SSSR count). The molecule has 0 fully saturated rings. The Morgan fingerprint density at radius 3 is 1.33 bits per heavy atom. The number of allylic oxidation sites excluding steroid dienone is 10. The largest absolute Gasteiger partial charge is 0.472 e. The molecule has 0 heterocycles. The first-order valence-corrected chi connectivity index (χ1v) is 26.7. The molecule has 0 bridgehead atoms. The summed E-state index contributed by atoms with van der Waals surface area (Å²) in [5.41, 5.74) is 0. The summed E-state index contributed by atoms with van der Waals surface area (Å²) in [4.78, 5) is 48.2. The van der Waals surface area contributed by atoms with Crippen molar-refractivity contribution in [2.45, 2.75) is 226 Å². The first kappa shape index (κ1) is 61.2. The lowest BCUT2D eigenvalue weighted by atomic mass is 10.1. The molecule has 3 atom stereocenters. The number of aliphatic hydroxyl groups excluding tert-OH is 1. The minimum Gasteiger partial charge on any atom is -0.462 e. The van der Waals surface area contributed by atoms with Crippen LogP contribution >= 0.6 is 7.82 Å². The summed E-state index contributed by atoms with van der Waals surface area (Å²) >= 11 is 0. The van der Waals surface area contributed by atoms with Gasteiger partial charge in [-0.2, -0.15) is 0 Å². The number of carbonyl (C=O) groups excluding carboxylic acids is 3. The van der Waals surface area contributed by atoms with Crippen LogP contribution < -0.4 is 0 Å². The highest BCUT2D eigenvalue weighted by molar-refractivity contribution is 7.47. The van der Waals surface area contributed by atoms with Gasteiger partial charge < -0.3 is 24.2 Å². The van der Waals surface area contributed by atoms with Crippen molar-refractivity contribution >= 4 is 25.7 Å². The smallest absolute Gasteiger partial charge is 0.462 e. The van der Waals surface area contributed by atoms with E-state index < -0.39 is 57.8 Å². The van der Waals surface area contributed by atoms with Crippen LogP contribution in [-0.2, 0) is 42.2 Å². The molecule has 11 nitrogen and oxygen atoms in total. The lowest BCUT2D eigenvalue weighted by Crippen LogP contribution is -2.30. The van der Waals surface area contributed by atoms with E-state index in [4.69, 9.17) is 23.3 Å². The molecular weight excluding hydrogens is 832 g/mol. The van der Waals surface area contributed by atoms with Crippen LogP contribution in [0, 0.1) is 0 Å². The highest BCUT2D eigenvalue weighted by atomic mass is 31.2. The van der Waals surface area contributed by atoms with Gasteiger partial charge in [0.2, 0.25) is 0 Å². The second-order valence-corrected chi connectivity index (χ2v) is 18.0. The summed E-state index contributed by atoms with van der Waals surface area (Å²) in [5, 5.41) is 9.75. The van der Waals surface area contributed by atoms with Crippen molar-refractivity contribution in [3.63, 3.8) is 0 Å². The molecule has 0 radical (unpaired) electrons. The number of rotatable bonds is 46. The molecule has 0 spiro atoms. The van der Waals surface area contributed by atoms with Crippen molar-refractivity contribution < 1.29 is 52.2 Å². The predicted octanol–water partition coefficient (Wildman–Crippen LogP) is 14.0. The van der Waals surface area contributed by atoms with E-state index in [1.54, 1.807) is 0 Å². The second-order valence-electron chi connectivity index (χ2n) is 16.6. The van der Waals surface area contributed by atoms with Gasteiger partial charge in [0.15, 0.2) is 6.10 Å². The number of hydrogen-bond acceptors (Lipinski definition) is 10. The van der Waals surface area contributed by atoms with E-state index in [1.807, 2.05) is 0 Å². The summed E-state index contributed by atoms with van der Waals surface area (Å²) in [5.74, 6) is -1.52. The molecule has 0 saturated carbocycles. The monoisotopic (exact) mass is 923 g/mol. The molecule has 370 valence electrons. The normalized spacial score (nSPS) is 14.0. The Labute approximate surface area is 389 Å². The van der Waals surface area contributed by atoms with Crippen LogP contribution in [0.1, 0.15) is 213 Å². The lowest BCUT2D eigenvalue weighted by molar-refractivity contribution is -0.161. The third-order valence-corrected chi connectivity index (χ3v) is 11.3. The Hall–Kier alpha value is -2.82. The van der Waals surface area contributed by atoms with Gasteiger partial charge in [-0.05, 0) is 96.3 Å². The van der Waals surface area contributed by atoms with Gasteiger partial charge in [-0.3, -0.25) is 23.4 Å². The number of carbonyl (C=O) groups is 3. The predicted molar refractivity (Wildman–Crippen MR) is 261 cm³/mol. The van der Waals surface area contributed by atoms with Crippen LogP contribution in [0.15, 0.2) is 60.8 Å². The molecule has 0 amide bonds. The zero-order valence-electron chi connectivity index (χ0n) is 40.5. The average Bonchev–Trinajstić information content (AvgIpc) is 3.28. The number of aliphatic hydroxyl groups is 1. The molecule has 0 saturated heterocycles. The molecule has 3 unspecified atom stereocenters. The minimum absolute atomic E-state index is 0.150. The summed E-state index contributed by atoms with van der Waals surface area (Å²) in [6, 6.07) is 0. The Balaban J connectivity index is 4.81. The van der Waals surface area contributed by atoms with Crippen LogP contribution in [0.2, 0.25) is 0 Å². The third-order valence-electron chi connectivity index (χ3n) is 10.4. The lowest BCUT2D eigenvalue weighted by Gasteiger charge is -2.21. The Morgan fingerprint density at radius 1 is 0.453 bits per heavy atom. The molecule has 2 N–H and O–H groups in total. The highest BCUT2D eigenvalue weighted by Gasteiger charge is 2.28. The van der Waals surface area contributed by atoms with Crippen LogP contribution in [0.5, 0.6) is 0 Å². The minimum atomic E-state index is -4.75. The van der Waals surface area contributed by atoms with E-state index in [2.05, 4.69) is 81.5 Å². The van der Waals surface area contributed by atoms with Gasteiger partial charge in [0.25, 0.3) is 0 Å². The van der Waals surface area contributed by atoms with Crippen molar-refractivity contribution in [2.24, 2.45) is 0 Å². The third kappa shape index (κ3) is 44.4. The van der Waals surface area contributed by atoms with Crippen LogP contribution in [-0.4, -0.2) is 66.5 Å². The summed E-state index contributed by atoms with van der Waals surface area (Å²) in [6.45, 7) is 4.40. The maximum absolute atomic E-state index is 12.8. The standard InChI is InChI=1S/C52H91O11P/c1-4-7-10-13-16-19-22-24-27-29-32-35-38-41-50(54)59-45-49(63-52(56)43-40-37-34-31-28-25-23-20-17-14-11-8-5-2)47-61-64(57,58)60-46-48(44-53)62-51(55)42-39-36-33-30-26-21-18-15-12-9-6-3/h7,10,15-16,18-20,23-24,27,48-49,53H,4-6,8-9,11-14,17,21-22,25-26,28-47H2,1-3H3,(H,57,58)/b10-7-,18-15-,19-16-,23-20-,27-24-. The van der Waals surface area contributed by atoms with Crippen LogP contribution in [0.3, 0.4) is 0 Å². The van der Waals surface area contributed by atoms with E-state index in [-0.39, 0.29) is 25.9 Å². The fourth-order valence-electron chi connectivity index (χ4n) is 6.52. The van der Waals surface area contributed by atoms with Gasteiger partial charge in [0.1, 0.15) is 12.7 Å². The van der Waals surface area contributed by atoms with E-state index in [9.17, 15) is 28.9 Å². The Bertz CT molecular complexity index is 1310. The first-order valence-electron chi connectivity index (χ1n) is 25.2. The molecule has 0 aliphatic carbocycles. The van der Waals surface area contributed by atoms with Crippen molar-refractivity contribution in [2.75, 3.05) is 26.4 Å². The van der Waals surface area contributed by atoms with Crippen LogP contribution in [0.25, 0.3) is 0 Å². The molecule has 0 aliphatic rings. The Kier molecular flexibility index (Phi) is 44.6. The molecule has 0 aromatic heterocycles. The van der Waals surface area contributed by atoms with Gasteiger partial charge in [-0.15, -0.1) is 0 Å². The van der Waals surface area contributed by atoms with Gasteiger partial charge >= 0.3 is 25.7 Å². The highest BCUT2D eigenvalue weighted by Crippen LogP contribution is 2.43. The number of phosphoric acid groups is 1. The van der Waals surface area contributed by atoms with Gasteiger partial charge in [0.05, 0.1) is 19.8 Å². The first-order chi connectivity index (χ1) is 31.2. The van der Waals surface area contributed by atoms with Crippen molar-refractivity contribution in [1.82, 2.24) is 0 Å². The van der Waals surface area contributed by atoms with Crippen molar-refractivity contribution in [3.05, 3.63) is 60.8 Å². The average molecular weight is 923 g/mol. The van der Waals surface area contributed by atoms with E-state index in [0.717, 1.165) is 116 Å². The van der Waals surface area contributed by atoms with Crippen molar-refractivity contribution in [1.29, 1.82) is 0 Å². The molecule has 0 aliphatic heterocycles. The number of ether oxygens (including phenoxy) is 3. The SMILES string of the molecule is CC/C=C\C/C=C\C/C=C\CCCCCC(=O)OCC(COP(=O)(O)OCC(CO)OC(=O)CCCCCCC/C=C\CCCC)OC(=O)CCCCCCC/C=C\CCCCCC. The maximum atomic E-state index is 12.8. The quantitative estimate of drug-likeness (QED) is 0.0197. The summed E-state index contributed by atoms with van der Waals surface area (Å²) < 4.78 is 39.2. The fourth-order valence-corrected chi connectivity index (χ4v) is 7.30. The maximum Gasteiger partial charge on any atom is 0.472 e. The number of unbranched alkanes of at least 4 members (excludes halogenated alkanes) is 19. The number of esters is 3. The van der Waals surface area contributed by atoms with Gasteiger partial charge in [0, 0.05) is 19.3 Å². The zero-order valence-corrected chi connectivity index (χ0v) is 41.4. The van der Waals surface area contributed by atoms with Gasteiger partial charge in [-0.1, -0.05) is 159 Å². The van der Waals surface area contributed by atoms with Crippen molar-refractivity contribution in [3.8, 4) is 0 Å². The van der Waals surface area contributed by atoms with E-state index >= 15 is 0 Å². The fraction of sp³-hybridized carbons (Fsp3) is 0.750. The van der Waals surface area contributed by atoms with E-state index in [0.29, 0.717) is 19.3 Å². The van der Waals surface area contributed by atoms with E-state index in [1.165, 1.54) is 38.5 Å². The molecular formula is C52H91O11P. The summed E-state index contributed by atoms with van der Waals surface area (Å²) in [6.07, 6.45) is 47.7. The van der Waals surface area contributed by atoms with Gasteiger partial charge in [-0.25, -0.2) is 4.57 Å². The molecule has 12 heteroatoms. The molecule has 0 aromatic carbocycles. The number of hydrogen-bond donors (Lipinski definition) is 2. The second kappa shape index (κ2) is 46.7. The Morgan fingerprint density at radius 2 is 0.828 bits per heavy atom. The molecule has 64 heavy (non-hydrogen) atoms. The topological polar surface area (TPSA) is 155 Å².